The second kappa shape index (κ2) is 4.72. The van der Waals surface area contributed by atoms with Crippen LogP contribution in [0, 0.1) is 23.3 Å². The molecule has 98 valence electrons. The van der Waals surface area contributed by atoms with E-state index in [4.69, 9.17) is 5.73 Å². The monoisotopic (exact) mass is 269 g/mol. The van der Waals surface area contributed by atoms with E-state index in [-0.39, 0.29) is 17.3 Å². The lowest BCUT2D eigenvalue weighted by Crippen LogP contribution is -2.09. The standard InChI is InChI=1S/C13H7F4NO/c14-6-1-2-12(18)8(3-6)13(19)7-4-10(16)11(17)5-9(7)15/h1-5H,18H2. The van der Waals surface area contributed by atoms with E-state index in [9.17, 15) is 22.4 Å². The van der Waals surface area contributed by atoms with Crippen molar-refractivity contribution in [1.82, 2.24) is 0 Å². The summed E-state index contributed by atoms with van der Waals surface area (Å²) in [6, 6.07) is 3.61. The third-order valence-electron chi connectivity index (χ3n) is 2.51. The van der Waals surface area contributed by atoms with Crippen molar-refractivity contribution in [3.8, 4) is 0 Å². The maximum atomic E-state index is 13.4. The molecule has 0 saturated carbocycles. The number of anilines is 1. The molecule has 0 bridgehead atoms. The zero-order chi connectivity index (χ0) is 14.2. The van der Waals surface area contributed by atoms with Crippen LogP contribution in [0.25, 0.3) is 0 Å². The molecule has 0 aliphatic heterocycles. The van der Waals surface area contributed by atoms with E-state index in [2.05, 4.69) is 0 Å². The summed E-state index contributed by atoms with van der Waals surface area (Å²) in [5.74, 6) is -5.80. The number of nitrogens with two attached hydrogens (primary N) is 1. The molecular weight excluding hydrogens is 262 g/mol. The Labute approximate surface area is 105 Å². The predicted molar refractivity (Wildman–Crippen MR) is 60.6 cm³/mol. The molecule has 0 spiro atoms. The summed E-state index contributed by atoms with van der Waals surface area (Å²) in [6.45, 7) is 0. The molecule has 0 amide bonds. The van der Waals surface area contributed by atoms with E-state index < -0.39 is 34.6 Å². The van der Waals surface area contributed by atoms with Crippen LogP contribution in [0.4, 0.5) is 23.2 Å². The summed E-state index contributed by atoms with van der Waals surface area (Å²) in [6.07, 6.45) is 0. The van der Waals surface area contributed by atoms with Gasteiger partial charge in [-0.25, -0.2) is 17.6 Å². The number of halogens is 4. The van der Waals surface area contributed by atoms with Crippen molar-refractivity contribution in [2.24, 2.45) is 0 Å². The second-order valence-corrected chi connectivity index (χ2v) is 3.81. The number of nitrogen functional groups attached to an aromatic ring is 1. The van der Waals surface area contributed by atoms with Crippen LogP contribution in [0.2, 0.25) is 0 Å². The van der Waals surface area contributed by atoms with Gasteiger partial charge in [0.1, 0.15) is 11.6 Å². The van der Waals surface area contributed by atoms with Gasteiger partial charge in [-0.05, 0) is 24.3 Å². The number of hydrogen-bond donors (Lipinski definition) is 1. The van der Waals surface area contributed by atoms with Crippen LogP contribution in [-0.2, 0) is 0 Å². The molecule has 0 radical (unpaired) electrons. The normalized spacial score (nSPS) is 10.5. The Morgan fingerprint density at radius 3 is 2.16 bits per heavy atom. The van der Waals surface area contributed by atoms with E-state index in [0.717, 1.165) is 18.2 Å². The highest BCUT2D eigenvalue weighted by Gasteiger charge is 2.20. The average Bonchev–Trinajstić information content (AvgIpc) is 2.36. The molecule has 2 aromatic carbocycles. The van der Waals surface area contributed by atoms with Crippen LogP contribution in [0.15, 0.2) is 30.3 Å². The van der Waals surface area contributed by atoms with Gasteiger partial charge in [0.15, 0.2) is 17.4 Å². The fraction of sp³-hybridized carbons (Fsp3) is 0. The highest BCUT2D eigenvalue weighted by Crippen LogP contribution is 2.21. The van der Waals surface area contributed by atoms with Crippen molar-refractivity contribution in [2.45, 2.75) is 0 Å². The molecule has 0 aliphatic rings. The minimum atomic E-state index is -1.42. The zero-order valence-electron chi connectivity index (χ0n) is 9.38. The van der Waals surface area contributed by atoms with Crippen molar-refractivity contribution in [1.29, 1.82) is 0 Å². The van der Waals surface area contributed by atoms with Gasteiger partial charge < -0.3 is 5.73 Å². The maximum absolute atomic E-state index is 13.4. The van der Waals surface area contributed by atoms with E-state index >= 15 is 0 Å². The molecule has 0 aliphatic carbocycles. The molecule has 2 nitrogen and oxygen atoms in total. The molecule has 0 aromatic heterocycles. The molecule has 0 fully saturated rings. The highest BCUT2D eigenvalue weighted by molar-refractivity contribution is 6.12. The van der Waals surface area contributed by atoms with Gasteiger partial charge in [-0.1, -0.05) is 0 Å². The Bertz CT molecular complexity index is 670. The molecule has 2 N–H and O–H groups in total. The van der Waals surface area contributed by atoms with E-state index in [0.29, 0.717) is 6.07 Å². The van der Waals surface area contributed by atoms with E-state index in [1.165, 1.54) is 0 Å². The van der Waals surface area contributed by atoms with Crippen LogP contribution in [0.5, 0.6) is 0 Å². The first-order chi connectivity index (χ1) is 8.90. The second-order valence-electron chi connectivity index (χ2n) is 3.81. The Balaban J connectivity index is 2.56. The van der Waals surface area contributed by atoms with Crippen LogP contribution >= 0.6 is 0 Å². The first-order valence-corrected chi connectivity index (χ1v) is 5.14. The quantitative estimate of drug-likeness (QED) is 0.394. The average molecular weight is 269 g/mol. The zero-order valence-corrected chi connectivity index (χ0v) is 9.38. The smallest absolute Gasteiger partial charge is 0.198 e. The Morgan fingerprint density at radius 1 is 0.842 bits per heavy atom. The number of hydrogen-bond acceptors (Lipinski definition) is 2. The first kappa shape index (κ1) is 13.1. The van der Waals surface area contributed by atoms with Gasteiger partial charge in [-0.3, -0.25) is 4.79 Å². The third-order valence-corrected chi connectivity index (χ3v) is 2.51. The van der Waals surface area contributed by atoms with Crippen LogP contribution in [0.3, 0.4) is 0 Å². The van der Waals surface area contributed by atoms with Gasteiger partial charge in [0.05, 0.1) is 5.56 Å². The molecule has 6 heteroatoms. The molecular formula is C13H7F4NO. The summed E-state index contributed by atoms with van der Waals surface area (Å²) < 4.78 is 52.2. The summed E-state index contributed by atoms with van der Waals surface area (Å²) in [7, 11) is 0. The summed E-state index contributed by atoms with van der Waals surface area (Å²) in [5, 5.41) is 0. The van der Waals surface area contributed by atoms with Crippen molar-refractivity contribution in [3.63, 3.8) is 0 Å². The molecule has 0 unspecified atom stereocenters. The van der Waals surface area contributed by atoms with Gasteiger partial charge in [0.25, 0.3) is 0 Å². The minimum Gasteiger partial charge on any atom is -0.398 e. The van der Waals surface area contributed by atoms with E-state index in [1.54, 1.807) is 0 Å². The van der Waals surface area contributed by atoms with Crippen molar-refractivity contribution in [3.05, 3.63) is 64.7 Å². The highest BCUT2D eigenvalue weighted by atomic mass is 19.2. The summed E-state index contributed by atoms with van der Waals surface area (Å²) in [5.41, 5.74) is 4.35. The molecule has 2 rings (SSSR count). The number of carbonyl (C=O) groups excluding carboxylic acids is 1. The molecule has 0 heterocycles. The van der Waals surface area contributed by atoms with Gasteiger partial charge in [0, 0.05) is 17.3 Å². The van der Waals surface area contributed by atoms with Gasteiger partial charge in [-0.2, -0.15) is 0 Å². The lowest BCUT2D eigenvalue weighted by Gasteiger charge is -2.06. The van der Waals surface area contributed by atoms with Crippen LogP contribution in [-0.4, -0.2) is 5.78 Å². The molecule has 19 heavy (non-hydrogen) atoms. The van der Waals surface area contributed by atoms with Gasteiger partial charge in [0.2, 0.25) is 0 Å². The fourth-order valence-corrected chi connectivity index (χ4v) is 1.57. The van der Waals surface area contributed by atoms with E-state index in [1.807, 2.05) is 0 Å². The van der Waals surface area contributed by atoms with Crippen LogP contribution in [0.1, 0.15) is 15.9 Å². The third kappa shape index (κ3) is 2.42. The topological polar surface area (TPSA) is 43.1 Å². The van der Waals surface area contributed by atoms with Crippen molar-refractivity contribution < 1.29 is 22.4 Å². The minimum absolute atomic E-state index is 0.0875. The Hall–Kier alpha value is -2.37. The van der Waals surface area contributed by atoms with Crippen molar-refractivity contribution in [2.75, 3.05) is 5.73 Å². The number of rotatable bonds is 2. The SMILES string of the molecule is Nc1ccc(F)cc1C(=O)c1cc(F)c(F)cc1F. The predicted octanol–water partition coefficient (Wildman–Crippen LogP) is 3.06. The number of ketones is 1. The Morgan fingerprint density at radius 2 is 1.47 bits per heavy atom. The summed E-state index contributed by atoms with van der Waals surface area (Å²) >= 11 is 0. The Kier molecular flexibility index (Phi) is 3.25. The fourth-order valence-electron chi connectivity index (χ4n) is 1.57. The first-order valence-electron chi connectivity index (χ1n) is 5.14. The van der Waals surface area contributed by atoms with Gasteiger partial charge >= 0.3 is 0 Å². The van der Waals surface area contributed by atoms with Gasteiger partial charge in [-0.15, -0.1) is 0 Å². The summed E-state index contributed by atoms with van der Waals surface area (Å²) in [4.78, 5) is 11.9. The van der Waals surface area contributed by atoms with Crippen molar-refractivity contribution >= 4 is 11.5 Å². The molecule has 0 saturated heterocycles. The van der Waals surface area contributed by atoms with Crippen LogP contribution < -0.4 is 5.73 Å². The molecule has 0 atom stereocenters. The largest absolute Gasteiger partial charge is 0.398 e. The maximum Gasteiger partial charge on any atom is 0.198 e. The molecule has 2 aromatic rings. The lowest BCUT2D eigenvalue weighted by molar-refractivity contribution is 0.103. The number of carbonyl (C=O) groups is 1. The number of benzene rings is 2. The lowest BCUT2D eigenvalue weighted by atomic mass is 10.0.